The van der Waals surface area contributed by atoms with Gasteiger partial charge in [-0.15, -0.1) is 0 Å². The number of hydrogen-bond acceptors (Lipinski definition) is 1. The minimum atomic E-state index is -7.21. The van der Waals surface area contributed by atoms with Crippen molar-refractivity contribution in [3.05, 3.63) is 0 Å². The summed E-state index contributed by atoms with van der Waals surface area (Å²) in [6, 6.07) is 0. The standard InChI is InChI=1S/C9H7F11O/c1-3(2)21-9(20)7(16,17)5(12,13)4(10,11)6(14,15)8(9,18)19/h3H,1-2H3. The van der Waals surface area contributed by atoms with E-state index in [0.717, 1.165) is 0 Å². The second-order valence-corrected chi connectivity index (χ2v) is 4.63. The Morgan fingerprint density at radius 2 is 0.762 bits per heavy atom. The molecule has 0 aliphatic heterocycles. The number of alkyl halides is 11. The van der Waals surface area contributed by atoms with Gasteiger partial charge in [0.15, 0.2) is 0 Å². The van der Waals surface area contributed by atoms with Crippen molar-refractivity contribution in [1.29, 1.82) is 0 Å². The Hall–Kier alpha value is -0.810. The second kappa shape index (κ2) is 4.13. The Labute approximate surface area is 110 Å². The molecule has 1 aliphatic rings. The van der Waals surface area contributed by atoms with E-state index in [0.29, 0.717) is 13.8 Å². The van der Waals surface area contributed by atoms with Crippen molar-refractivity contribution in [3.63, 3.8) is 0 Å². The van der Waals surface area contributed by atoms with Crippen LogP contribution in [0.3, 0.4) is 0 Å². The van der Waals surface area contributed by atoms with Crippen LogP contribution in [0.1, 0.15) is 13.8 Å². The fourth-order valence-electron chi connectivity index (χ4n) is 1.67. The smallest absolute Gasteiger partial charge is 0.333 e. The SMILES string of the molecule is CC(C)OC1(F)C(F)(F)C(F)(F)C(F)(F)C(F)(F)C1(F)F. The molecule has 0 aromatic carbocycles. The van der Waals surface area contributed by atoms with Crippen LogP contribution in [0.15, 0.2) is 0 Å². The number of halogens is 11. The van der Waals surface area contributed by atoms with Gasteiger partial charge >= 0.3 is 35.5 Å². The summed E-state index contributed by atoms with van der Waals surface area (Å²) in [5.74, 6) is -41.6. The Bertz CT molecular complexity index is 397. The molecule has 0 spiro atoms. The first kappa shape index (κ1) is 18.2. The summed E-state index contributed by atoms with van der Waals surface area (Å²) < 4.78 is 147. The van der Waals surface area contributed by atoms with Gasteiger partial charge in [-0.3, -0.25) is 0 Å². The summed E-state index contributed by atoms with van der Waals surface area (Å²) >= 11 is 0. The van der Waals surface area contributed by atoms with Crippen molar-refractivity contribution in [3.8, 4) is 0 Å². The van der Waals surface area contributed by atoms with Gasteiger partial charge in [0.05, 0.1) is 6.10 Å². The van der Waals surface area contributed by atoms with Crippen molar-refractivity contribution in [2.24, 2.45) is 0 Å². The highest BCUT2D eigenvalue weighted by Gasteiger charge is 3.02. The third kappa shape index (κ3) is 1.67. The first-order valence-corrected chi connectivity index (χ1v) is 5.17. The van der Waals surface area contributed by atoms with Gasteiger partial charge in [0, 0.05) is 0 Å². The zero-order valence-electron chi connectivity index (χ0n) is 10.1. The van der Waals surface area contributed by atoms with E-state index in [1.54, 1.807) is 0 Å². The highest BCUT2D eigenvalue weighted by atomic mass is 19.4. The third-order valence-electron chi connectivity index (χ3n) is 2.78. The summed E-state index contributed by atoms with van der Waals surface area (Å²) in [7, 11) is 0. The minimum Gasteiger partial charge on any atom is -0.333 e. The van der Waals surface area contributed by atoms with Crippen LogP contribution in [0.4, 0.5) is 48.3 Å². The Balaban J connectivity index is 3.74. The molecule has 1 nitrogen and oxygen atoms in total. The third-order valence-corrected chi connectivity index (χ3v) is 2.78. The molecule has 1 aliphatic carbocycles. The zero-order valence-corrected chi connectivity index (χ0v) is 10.1. The Morgan fingerprint density at radius 3 is 1.00 bits per heavy atom. The van der Waals surface area contributed by atoms with E-state index < -0.39 is 41.6 Å². The van der Waals surface area contributed by atoms with Crippen molar-refractivity contribution in [2.45, 2.75) is 55.4 Å². The van der Waals surface area contributed by atoms with Crippen molar-refractivity contribution in [1.82, 2.24) is 0 Å². The minimum absolute atomic E-state index is 0.580. The fraction of sp³-hybridized carbons (Fsp3) is 1.00. The molecule has 0 unspecified atom stereocenters. The first-order valence-electron chi connectivity index (χ1n) is 5.17. The van der Waals surface area contributed by atoms with Crippen LogP contribution in [-0.2, 0) is 4.74 Å². The largest absolute Gasteiger partial charge is 0.384 e. The molecular weight excluding hydrogens is 333 g/mol. The average molecular weight is 340 g/mol. The Morgan fingerprint density at radius 1 is 0.524 bits per heavy atom. The molecule has 0 heterocycles. The van der Waals surface area contributed by atoms with Gasteiger partial charge in [-0.1, -0.05) is 0 Å². The maximum absolute atomic E-state index is 13.7. The summed E-state index contributed by atoms with van der Waals surface area (Å²) in [5, 5.41) is 0. The van der Waals surface area contributed by atoms with Gasteiger partial charge < -0.3 is 4.74 Å². The summed E-state index contributed by atoms with van der Waals surface area (Å²) in [5.41, 5.74) is 0. The average Bonchev–Trinajstić information content (AvgIpc) is 2.25. The Kier molecular flexibility index (Phi) is 3.59. The van der Waals surface area contributed by atoms with Crippen LogP contribution >= 0.6 is 0 Å². The van der Waals surface area contributed by atoms with Crippen molar-refractivity contribution < 1.29 is 53.0 Å². The van der Waals surface area contributed by atoms with Gasteiger partial charge in [-0.2, -0.15) is 48.3 Å². The van der Waals surface area contributed by atoms with Gasteiger partial charge in [-0.05, 0) is 13.8 Å². The maximum Gasteiger partial charge on any atom is 0.384 e. The lowest BCUT2D eigenvalue weighted by Gasteiger charge is -2.52. The molecule has 0 amide bonds. The lowest BCUT2D eigenvalue weighted by Crippen LogP contribution is -2.84. The van der Waals surface area contributed by atoms with E-state index in [4.69, 9.17) is 0 Å². The fourth-order valence-corrected chi connectivity index (χ4v) is 1.67. The molecule has 0 radical (unpaired) electrons. The van der Waals surface area contributed by atoms with E-state index in [1.807, 2.05) is 0 Å². The number of rotatable bonds is 2. The van der Waals surface area contributed by atoms with Crippen LogP contribution < -0.4 is 0 Å². The van der Waals surface area contributed by atoms with Crippen LogP contribution in [0.5, 0.6) is 0 Å². The van der Waals surface area contributed by atoms with Crippen molar-refractivity contribution in [2.75, 3.05) is 0 Å². The summed E-state index contributed by atoms with van der Waals surface area (Å²) in [6.45, 7) is 1.16. The molecule has 1 rings (SSSR count). The second-order valence-electron chi connectivity index (χ2n) is 4.63. The van der Waals surface area contributed by atoms with Gasteiger partial charge in [0.25, 0.3) is 0 Å². The highest BCUT2D eigenvalue weighted by Crippen LogP contribution is 2.69. The molecule has 1 fully saturated rings. The van der Waals surface area contributed by atoms with Crippen LogP contribution in [-0.4, -0.2) is 41.6 Å². The molecule has 0 bridgehead atoms. The first-order chi connectivity index (χ1) is 8.92. The molecule has 12 heteroatoms. The van der Waals surface area contributed by atoms with Crippen LogP contribution in [0.2, 0.25) is 0 Å². The normalized spacial score (nSPS) is 31.1. The van der Waals surface area contributed by atoms with E-state index in [2.05, 4.69) is 4.74 Å². The number of hydrogen-bond donors (Lipinski definition) is 0. The van der Waals surface area contributed by atoms with Gasteiger partial charge in [0.2, 0.25) is 0 Å². The maximum atomic E-state index is 13.7. The topological polar surface area (TPSA) is 9.23 Å². The molecule has 0 atom stereocenters. The predicted molar refractivity (Wildman–Crippen MR) is 44.8 cm³/mol. The molecule has 0 N–H and O–H groups in total. The van der Waals surface area contributed by atoms with E-state index in [1.165, 1.54) is 0 Å². The predicted octanol–water partition coefficient (Wildman–Crippen LogP) is 4.27. The quantitative estimate of drug-likeness (QED) is 0.683. The molecule has 126 valence electrons. The van der Waals surface area contributed by atoms with E-state index >= 15 is 0 Å². The van der Waals surface area contributed by atoms with Gasteiger partial charge in [0.1, 0.15) is 0 Å². The number of ether oxygens (including phenoxy) is 1. The van der Waals surface area contributed by atoms with Crippen LogP contribution in [0.25, 0.3) is 0 Å². The molecule has 1 saturated carbocycles. The molecule has 21 heavy (non-hydrogen) atoms. The van der Waals surface area contributed by atoms with E-state index in [-0.39, 0.29) is 0 Å². The zero-order chi connectivity index (χ0) is 17.3. The summed E-state index contributed by atoms with van der Waals surface area (Å²) in [4.78, 5) is 0. The van der Waals surface area contributed by atoms with Crippen LogP contribution in [0, 0.1) is 0 Å². The monoisotopic (exact) mass is 340 g/mol. The summed E-state index contributed by atoms with van der Waals surface area (Å²) in [6.07, 6.45) is -2.01. The molecule has 0 saturated heterocycles. The lowest BCUT2D eigenvalue weighted by atomic mass is 9.78. The van der Waals surface area contributed by atoms with E-state index in [9.17, 15) is 48.3 Å². The molecule has 0 aromatic rings. The highest BCUT2D eigenvalue weighted by molar-refractivity contribution is 5.23. The molecule has 0 aromatic heterocycles. The van der Waals surface area contributed by atoms with Crippen molar-refractivity contribution >= 4 is 0 Å². The van der Waals surface area contributed by atoms with Gasteiger partial charge in [-0.25, -0.2) is 0 Å². The molecular formula is C9H7F11O. The lowest BCUT2D eigenvalue weighted by molar-refractivity contribution is -0.527.